The highest BCUT2D eigenvalue weighted by atomic mass is 16.5. The first-order valence-electron chi connectivity index (χ1n) is 5.68. The lowest BCUT2D eigenvalue weighted by Gasteiger charge is -2.07. The molecule has 0 saturated carbocycles. The number of unbranched alkanes of at least 4 members (excludes halogenated alkanes) is 2. The summed E-state index contributed by atoms with van der Waals surface area (Å²) in [5, 5.41) is 0. The van der Waals surface area contributed by atoms with Gasteiger partial charge in [0.05, 0.1) is 12.2 Å². The van der Waals surface area contributed by atoms with Crippen LogP contribution in [0, 0.1) is 6.92 Å². The molecule has 0 heterocycles. The minimum absolute atomic E-state index is 0.322. The summed E-state index contributed by atoms with van der Waals surface area (Å²) in [5.41, 5.74) is 7.68. The predicted octanol–water partition coefficient (Wildman–Crippen LogP) is 2.92. The SMILES string of the molecule is CCCCCOC(=O)c1cc(C)ccc1N. The number of nitrogens with two attached hydrogens (primary N) is 1. The van der Waals surface area contributed by atoms with Gasteiger partial charge < -0.3 is 10.5 Å². The Morgan fingerprint density at radius 3 is 2.81 bits per heavy atom. The first-order chi connectivity index (χ1) is 7.65. The number of hydrogen-bond donors (Lipinski definition) is 1. The van der Waals surface area contributed by atoms with Crippen LogP contribution in [0.1, 0.15) is 42.1 Å². The lowest BCUT2D eigenvalue weighted by molar-refractivity contribution is 0.0499. The van der Waals surface area contributed by atoms with Crippen LogP contribution in [0.25, 0.3) is 0 Å². The van der Waals surface area contributed by atoms with E-state index in [1.54, 1.807) is 12.1 Å². The molecule has 88 valence electrons. The molecule has 3 heteroatoms. The first-order valence-corrected chi connectivity index (χ1v) is 5.68. The molecule has 0 bridgehead atoms. The molecule has 0 saturated heterocycles. The summed E-state index contributed by atoms with van der Waals surface area (Å²) in [6, 6.07) is 5.37. The highest BCUT2D eigenvalue weighted by Gasteiger charge is 2.10. The van der Waals surface area contributed by atoms with E-state index in [1.165, 1.54) is 0 Å². The number of rotatable bonds is 5. The van der Waals surface area contributed by atoms with Gasteiger partial charge in [0.1, 0.15) is 0 Å². The largest absolute Gasteiger partial charge is 0.462 e. The zero-order chi connectivity index (χ0) is 12.0. The second kappa shape index (κ2) is 6.16. The first kappa shape index (κ1) is 12.6. The summed E-state index contributed by atoms with van der Waals surface area (Å²) >= 11 is 0. The quantitative estimate of drug-likeness (QED) is 0.472. The van der Waals surface area contributed by atoms with Crippen molar-refractivity contribution in [2.75, 3.05) is 12.3 Å². The van der Waals surface area contributed by atoms with E-state index in [4.69, 9.17) is 10.5 Å². The van der Waals surface area contributed by atoms with Crippen molar-refractivity contribution in [3.63, 3.8) is 0 Å². The van der Waals surface area contributed by atoms with Gasteiger partial charge >= 0.3 is 5.97 Å². The van der Waals surface area contributed by atoms with Crippen LogP contribution in [-0.2, 0) is 4.74 Å². The van der Waals surface area contributed by atoms with Crippen LogP contribution in [0.4, 0.5) is 5.69 Å². The van der Waals surface area contributed by atoms with Gasteiger partial charge in [0.15, 0.2) is 0 Å². The normalized spacial score (nSPS) is 10.1. The Hall–Kier alpha value is -1.51. The molecule has 0 aliphatic carbocycles. The lowest BCUT2D eigenvalue weighted by Crippen LogP contribution is -2.09. The third-order valence-electron chi connectivity index (χ3n) is 2.41. The molecule has 0 unspecified atom stereocenters. The molecule has 0 fully saturated rings. The van der Waals surface area contributed by atoms with Crippen molar-refractivity contribution < 1.29 is 9.53 Å². The second-order valence-corrected chi connectivity index (χ2v) is 3.93. The van der Waals surface area contributed by atoms with Crippen LogP contribution >= 0.6 is 0 Å². The molecule has 0 atom stereocenters. The molecule has 3 nitrogen and oxygen atoms in total. The van der Waals surface area contributed by atoms with Gasteiger partial charge in [-0.25, -0.2) is 4.79 Å². The Morgan fingerprint density at radius 1 is 1.38 bits per heavy atom. The zero-order valence-corrected chi connectivity index (χ0v) is 9.95. The minimum atomic E-state index is -0.322. The number of esters is 1. The van der Waals surface area contributed by atoms with Crippen molar-refractivity contribution in [2.24, 2.45) is 0 Å². The van der Waals surface area contributed by atoms with Crippen molar-refractivity contribution in [3.05, 3.63) is 29.3 Å². The monoisotopic (exact) mass is 221 g/mol. The molecule has 0 radical (unpaired) electrons. The Labute approximate surface area is 96.6 Å². The number of nitrogen functional groups attached to an aromatic ring is 1. The Balaban J connectivity index is 2.55. The smallest absolute Gasteiger partial charge is 0.340 e. The van der Waals surface area contributed by atoms with Gasteiger partial charge in [-0.2, -0.15) is 0 Å². The molecule has 2 N–H and O–H groups in total. The molecule has 16 heavy (non-hydrogen) atoms. The minimum Gasteiger partial charge on any atom is -0.462 e. The summed E-state index contributed by atoms with van der Waals surface area (Å²) in [7, 11) is 0. The van der Waals surface area contributed by atoms with E-state index >= 15 is 0 Å². The fraction of sp³-hybridized carbons (Fsp3) is 0.462. The fourth-order valence-electron chi connectivity index (χ4n) is 1.44. The summed E-state index contributed by atoms with van der Waals surface area (Å²) < 4.78 is 5.15. The maximum Gasteiger partial charge on any atom is 0.340 e. The number of hydrogen-bond acceptors (Lipinski definition) is 3. The fourth-order valence-corrected chi connectivity index (χ4v) is 1.44. The van der Waals surface area contributed by atoms with Gasteiger partial charge in [0, 0.05) is 5.69 Å². The highest BCUT2D eigenvalue weighted by molar-refractivity contribution is 5.95. The Kier molecular flexibility index (Phi) is 4.83. The van der Waals surface area contributed by atoms with Gasteiger partial charge in [0.25, 0.3) is 0 Å². The summed E-state index contributed by atoms with van der Waals surface area (Å²) in [4.78, 5) is 11.7. The number of ether oxygens (including phenoxy) is 1. The maximum absolute atomic E-state index is 11.7. The van der Waals surface area contributed by atoms with Gasteiger partial charge in [0.2, 0.25) is 0 Å². The zero-order valence-electron chi connectivity index (χ0n) is 9.95. The highest BCUT2D eigenvalue weighted by Crippen LogP contribution is 2.15. The second-order valence-electron chi connectivity index (χ2n) is 3.93. The number of aryl methyl sites for hydroxylation is 1. The third-order valence-corrected chi connectivity index (χ3v) is 2.41. The molecule has 1 aromatic rings. The number of carbonyl (C=O) groups is 1. The van der Waals surface area contributed by atoms with E-state index < -0.39 is 0 Å². The van der Waals surface area contributed by atoms with E-state index in [-0.39, 0.29) is 5.97 Å². The van der Waals surface area contributed by atoms with E-state index in [1.807, 2.05) is 13.0 Å². The van der Waals surface area contributed by atoms with Crippen LogP contribution in [0.2, 0.25) is 0 Å². The van der Waals surface area contributed by atoms with Gasteiger partial charge in [-0.05, 0) is 25.5 Å². The average molecular weight is 221 g/mol. The molecule has 0 aromatic heterocycles. The number of benzene rings is 1. The Morgan fingerprint density at radius 2 is 2.12 bits per heavy atom. The van der Waals surface area contributed by atoms with Crippen LogP contribution in [0.5, 0.6) is 0 Å². The van der Waals surface area contributed by atoms with Crippen LogP contribution < -0.4 is 5.73 Å². The van der Waals surface area contributed by atoms with E-state index in [0.717, 1.165) is 24.8 Å². The molecule has 1 aromatic carbocycles. The van der Waals surface area contributed by atoms with Gasteiger partial charge in [-0.15, -0.1) is 0 Å². The molecule has 0 aliphatic rings. The average Bonchev–Trinajstić information content (AvgIpc) is 2.27. The molecule has 0 aliphatic heterocycles. The number of anilines is 1. The summed E-state index contributed by atoms with van der Waals surface area (Å²) in [6.07, 6.45) is 3.11. The third kappa shape index (κ3) is 3.57. The molecule has 1 rings (SSSR count). The molecule has 0 amide bonds. The molecular formula is C13H19NO2. The van der Waals surface area contributed by atoms with Gasteiger partial charge in [-0.1, -0.05) is 31.4 Å². The van der Waals surface area contributed by atoms with E-state index in [2.05, 4.69) is 6.92 Å². The Bertz CT molecular complexity index is 361. The molecular weight excluding hydrogens is 202 g/mol. The topological polar surface area (TPSA) is 52.3 Å². The van der Waals surface area contributed by atoms with Crippen molar-refractivity contribution in [1.82, 2.24) is 0 Å². The van der Waals surface area contributed by atoms with Crippen molar-refractivity contribution in [2.45, 2.75) is 33.1 Å². The van der Waals surface area contributed by atoms with Crippen LogP contribution in [0.3, 0.4) is 0 Å². The van der Waals surface area contributed by atoms with E-state index in [0.29, 0.717) is 17.9 Å². The van der Waals surface area contributed by atoms with Crippen molar-refractivity contribution in [1.29, 1.82) is 0 Å². The van der Waals surface area contributed by atoms with Crippen molar-refractivity contribution in [3.8, 4) is 0 Å². The maximum atomic E-state index is 11.7. The summed E-state index contributed by atoms with van der Waals surface area (Å²) in [6.45, 7) is 4.51. The summed E-state index contributed by atoms with van der Waals surface area (Å²) in [5.74, 6) is -0.322. The molecule has 0 spiro atoms. The van der Waals surface area contributed by atoms with Crippen LogP contribution in [0.15, 0.2) is 18.2 Å². The van der Waals surface area contributed by atoms with Gasteiger partial charge in [-0.3, -0.25) is 0 Å². The standard InChI is InChI=1S/C13H19NO2/c1-3-4-5-8-16-13(15)11-9-10(2)6-7-12(11)14/h6-7,9H,3-5,8,14H2,1-2H3. The van der Waals surface area contributed by atoms with E-state index in [9.17, 15) is 4.79 Å². The lowest BCUT2D eigenvalue weighted by atomic mass is 10.1. The predicted molar refractivity (Wildman–Crippen MR) is 65.4 cm³/mol. The van der Waals surface area contributed by atoms with Crippen LogP contribution in [-0.4, -0.2) is 12.6 Å². The van der Waals surface area contributed by atoms with Crippen molar-refractivity contribution >= 4 is 11.7 Å². The number of carbonyl (C=O) groups excluding carboxylic acids is 1.